The Bertz CT molecular complexity index is 1100. The standard InChI is InChI=1S/C24H35N7O4/c1-29-12-8-18(9-13-29)23(33)30(15-17-6-4-16(5-7-17)14-19(32)35-2)10-3-11-31-22(27)20(21(25)26)28-24(31)34/h4-7,18H,3,8-15,27H2,1-2H3,(H3,25,26)(H,28,34). The van der Waals surface area contributed by atoms with Crippen LogP contribution in [0.5, 0.6) is 0 Å². The summed E-state index contributed by atoms with van der Waals surface area (Å²) in [5.74, 6) is -0.404. The number of benzene rings is 1. The number of piperidine rings is 1. The lowest BCUT2D eigenvalue weighted by atomic mass is 9.95. The van der Waals surface area contributed by atoms with Gasteiger partial charge in [0.1, 0.15) is 17.3 Å². The predicted octanol–water partition coefficient (Wildman–Crippen LogP) is 0.519. The van der Waals surface area contributed by atoms with Crippen LogP contribution in [0.1, 0.15) is 36.1 Å². The molecule has 11 nitrogen and oxygen atoms in total. The van der Waals surface area contributed by atoms with Crippen molar-refractivity contribution in [2.24, 2.45) is 11.7 Å². The van der Waals surface area contributed by atoms with E-state index >= 15 is 0 Å². The van der Waals surface area contributed by atoms with E-state index in [2.05, 4.69) is 16.9 Å². The second kappa shape index (κ2) is 11.7. The average Bonchev–Trinajstić information content (AvgIpc) is 3.13. The van der Waals surface area contributed by atoms with Crippen molar-refractivity contribution in [2.75, 3.05) is 39.5 Å². The highest BCUT2D eigenvalue weighted by atomic mass is 16.5. The molecule has 1 amide bonds. The first-order valence-electron chi connectivity index (χ1n) is 11.7. The molecule has 35 heavy (non-hydrogen) atoms. The zero-order valence-electron chi connectivity index (χ0n) is 20.4. The van der Waals surface area contributed by atoms with Crippen molar-refractivity contribution in [3.05, 3.63) is 51.6 Å². The fourth-order valence-corrected chi connectivity index (χ4v) is 4.33. The Kier molecular flexibility index (Phi) is 8.69. The fourth-order valence-electron chi connectivity index (χ4n) is 4.33. The number of methoxy groups -OCH3 is 1. The first-order valence-corrected chi connectivity index (χ1v) is 11.7. The Morgan fingerprint density at radius 3 is 2.40 bits per heavy atom. The van der Waals surface area contributed by atoms with Gasteiger partial charge < -0.3 is 31.0 Å². The number of carbonyl (C=O) groups excluding carboxylic acids is 2. The van der Waals surface area contributed by atoms with Gasteiger partial charge in [0.05, 0.1) is 13.5 Å². The van der Waals surface area contributed by atoms with Gasteiger partial charge in [-0.15, -0.1) is 0 Å². The lowest BCUT2D eigenvalue weighted by Crippen LogP contribution is -2.42. The van der Waals surface area contributed by atoms with Crippen molar-refractivity contribution in [1.29, 1.82) is 5.41 Å². The molecule has 11 heteroatoms. The molecule has 2 aromatic rings. The molecule has 0 aliphatic carbocycles. The first-order chi connectivity index (χ1) is 16.7. The molecule has 0 spiro atoms. The number of hydrogen-bond donors (Lipinski definition) is 4. The van der Waals surface area contributed by atoms with Crippen molar-refractivity contribution in [2.45, 2.75) is 38.8 Å². The monoisotopic (exact) mass is 485 g/mol. The number of imidazole rings is 1. The maximum Gasteiger partial charge on any atom is 0.327 e. The van der Waals surface area contributed by atoms with E-state index in [4.69, 9.17) is 21.6 Å². The Morgan fingerprint density at radius 1 is 1.20 bits per heavy atom. The minimum atomic E-state index is -0.429. The third-order valence-corrected chi connectivity index (χ3v) is 6.46. The van der Waals surface area contributed by atoms with E-state index in [0.717, 1.165) is 37.1 Å². The fraction of sp³-hybridized carbons (Fsp3) is 0.500. The first kappa shape index (κ1) is 26.0. The molecule has 1 aliphatic rings. The number of amidine groups is 1. The van der Waals surface area contributed by atoms with Gasteiger partial charge in [-0.2, -0.15) is 0 Å². The van der Waals surface area contributed by atoms with E-state index in [1.807, 2.05) is 29.2 Å². The third-order valence-electron chi connectivity index (χ3n) is 6.46. The van der Waals surface area contributed by atoms with E-state index in [1.165, 1.54) is 11.7 Å². The highest BCUT2D eigenvalue weighted by Gasteiger charge is 2.27. The maximum absolute atomic E-state index is 13.4. The van der Waals surface area contributed by atoms with Gasteiger partial charge in [-0.05, 0) is 50.5 Å². The van der Waals surface area contributed by atoms with Crippen LogP contribution in [-0.2, 0) is 33.8 Å². The number of nitrogens with one attached hydrogen (secondary N) is 2. The van der Waals surface area contributed by atoms with Crippen LogP contribution < -0.4 is 17.2 Å². The van der Waals surface area contributed by atoms with Crippen molar-refractivity contribution in [3.8, 4) is 0 Å². The van der Waals surface area contributed by atoms with Crippen LogP contribution in [0.25, 0.3) is 0 Å². The van der Waals surface area contributed by atoms with Crippen molar-refractivity contribution < 1.29 is 14.3 Å². The predicted molar refractivity (Wildman–Crippen MR) is 133 cm³/mol. The zero-order valence-corrected chi connectivity index (χ0v) is 20.4. The molecule has 1 saturated heterocycles. The van der Waals surface area contributed by atoms with Gasteiger partial charge in [-0.1, -0.05) is 24.3 Å². The van der Waals surface area contributed by atoms with Crippen molar-refractivity contribution in [1.82, 2.24) is 19.4 Å². The summed E-state index contributed by atoms with van der Waals surface area (Å²) in [4.78, 5) is 43.8. The molecule has 1 aliphatic heterocycles. The second-order valence-electron chi connectivity index (χ2n) is 9.02. The summed E-state index contributed by atoms with van der Waals surface area (Å²) in [6, 6.07) is 7.57. The Morgan fingerprint density at radius 2 is 1.83 bits per heavy atom. The molecule has 0 radical (unpaired) electrons. The van der Waals surface area contributed by atoms with E-state index in [0.29, 0.717) is 26.1 Å². The minimum Gasteiger partial charge on any atom is -0.469 e. The number of carbonyl (C=O) groups is 2. The van der Waals surface area contributed by atoms with Gasteiger partial charge in [0.2, 0.25) is 5.91 Å². The van der Waals surface area contributed by atoms with Crippen LogP contribution in [0.3, 0.4) is 0 Å². The summed E-state index contributed by atoms with van der Waals surface area (Å²) >= 11 is 0. The lowest BCUT2D eigenvalue weighted by Gasteiger charge is -2.32. The minimum absolute atomic E-state index is 0.0332. The number of likely N-dealkylation sites (tertiary alicyclic amines) is 1. The molecule has 1 fully saturated rings. The van der Waals surface area contributed by atoms with Crippen LogP contribution in [0.4, 0.5) is 5.82 Å². The number of hydrogen-bond acceptors (Lipinski definition) is 7. The van der Waals surface area contributed by atoms with E-state index in [1.54, 1.807) is 0 Å². The summed E-state index contributed by atoms with van der Waals surface area (Å²) in [6.07, 6.45) is 2.34. The van der Waals surface area contributed by atoms with E-state index < -0.39 is 5.69 Å². The molecule has 1 aromatic carbocycles. The van der Waals surface area contributed by atoms with Gasteiger partial charge in [-0.3, -0.25) is 19.6 Å². The largest absolute Gasteiger partial charge is 0.469 e. The highest BCUT2D eigenvalue weighted by molar-refractivity contribution is 5.97. The van der Waals surface area contributed by atoms with Gasteiger partial charge >= 0.3 is 11.7 Å². The third kappa shape index (κ3) is 6.72. The molecule has 0 bridgehead atoms. The molecular weight excluding hydrogens is 450 g/mol. The number of aromatic nitrogens is 2. The number of anilines is 1. The number of ether oxygens (including phenoxy) is 1. The molecule has 6 N–H and O–H groups in total. The number of nitrogens with zero attached hydrogens (tertiary/aromatic N) is 3. The zero-order chi connectivity index (χ0) is 25.5. The number of nitrogens with two attached hydrogens (primary N) is 2. The Hall–Kier alpha value is -3.60. The highest BCUT2D eigenvalue weighted by Crippen LogP contribution is 2.21. The van der Waals surface area contributed by atoms with Gasteiger partial charge in [0.15, 0.2) is 0 Å². The van der Waals surface area contributed by atoms with Crippen LogP contribution >= 0.6 is 0 Å². The molecular formula is C24H35N7O4. The molecule has 0 atom stereocenters. The van der Waals surface area contributed by atoms with Crippen molar-refractivity contribution in [3.63, 3.8) is 0 Å². The average molecular weight is 486 g/mol. The number of H-pyrrole nitrogens is 1. The van der Waals surface area contributed by atoms with Crippen molar-refractivity contribution >= 4 is 23.5 Å². The normalized spacial score (nSPS) is 14.6. The summed E-state index contributed by atoms with van der Waals surface area (Å²) in [5, 5.41) is 7.54. The second-order valence-corrected chi connectivity index (χ2v) is 9.02. The molecule has 0 saturated carbocycles. The summed E-state index contributed by atoms with van der Waals surface area (Å²) < 4.78 is 6.06. The van der Waals surface area contributed by atoms with Gasteiger partial charge in [0.25, 0.3) is 0 Å². The number of amides is 1. The number of esters is 1. The smallest absolute Gasteiger partial charge is 0.327 e. The van der Waals surface area contributed by atoms with Crippen LogP contribution in [0.15, 0.2) is 29.1 Å². The Balaban J connectivity index is 1.71. The van der Waals surface area contributed by atoms with Crippen LogP contribution in [0, 0.1) is 11.3 Å². The number of aromatic amines is 1. The van der Waals surface area contributed by atoms with Crippen LogP contribution in [0.2, 0.25) is 0 Å². The molecule has 2 heterocycles. The summed E-state index contributed by atoms with van der Waals surface area (Å²) in [6.45, 7) is 2.94. The molecule has 3 rings (SSSR count). The van der Waals surface area contributed by atoms with Gasteiger partial charge in [0, 0.05) is 25.6 Å². The SMILES string of the molecule is COC(=O)Cc1ccc(CN(CCCn2c(N)c(C(=N)N)[nH]c2=O)C(=O)C2CCN(C)CC2)cc1. The maximum atomic E-state index is 13.4. The summed E-state index contributed by atoms with van der Waals surface area (Å²) in [5.41, 5.74) is 12.9. The Labute approximate surface area is 204 Å². The number of rotatable bonds is 10. The topological polar surface area (TPSA) is 164 Å². The molecule has 1 aromatic heterocycles. The number of nitrogen functional groups attached to an aromatic ring is 2. The quantitative estimate of drug-likeness (QED) is 0.216. The van der Waals surface area contributed by atoms with E-state index in [-0.39, 0.29) is 41.6 Å². The molecule has 0 unspecified atom stereocenters. The molecule has 190 valence electrons. The summed E-state index contributed by atoms with van der Waals surface area (Å²) in [7, 11) is 3.42. The van der Waals surface area contributed by atoms with E-state index in [9.17, 15) is 14.4 Å². The van der Waals surface area contributed by atoms with Crippen LogP contribution in [-0.4, -0.2) is 70.9 Å². The van der Waals surface area contributed by atoms with Gasteiger partial charge in [-0.25, -0.2) is 4.79 Å². The lowest BCUT2D eigenvalue weighted by molar-refractivity contribution is -0.140.